The fourth-order valence-electron chi connectivity index (χ4n) is 3.82. The predicted molar refractivity (Wildman–Crippen MR) is 122 cm³/mol. The van der Waals surface area contributed by atoms with Gasteiger partial charge in [0.25, 0.3) is 0 Å². The van der Waals surface area contributed by atoms with Crippen molar-refractivity contribution in [2.75, 3.05) is 26.8 Å². The van der Waals surface area contributed by atoms with Crippen molar-refractivity contribution in [2.24, 2.45) is 7.05 Å². The molecule has 2 rings (SSSR count). The van der Waals surface area contributed by atoms with Crippen LogP contribution in [0.1, 0.15) is 36.2 Å². The molecule has 0 saturated carbocycles. The van der Waals surface area contributed by atoms with Gasteiger partial charge < -0.3 is 14.2 Å². The standard InChI is InChI=1S/C23H35N3O4S/c1-17(2)26(31(28,29)23-19(4)13-18(3)14-20(23)5)16-22(27)25(11-12-30-7)15-21-9-8-10-24(21)6/h8-10,13-14,17H,11-12,15-16H2,1-7H3. The summed E-state index contributed by atoms with van der Waals surface area (Å²) < 4.78 is 35.6. The molecule has 0 aliphatic heterocycles. The molecule has 0 fully saturated rings. The molecule has 0 atom stereocenters. The van der Waals surface area contributed by atoms with Crippen molar-refractivity contribution < 1.29 is 17.9 Å². The Morgan fingerprint density at radius 3 is 2.26 bits per heavy atom. The number of aryl methyl sites for hydroxylation is 4. The number of rotatable bonds is 10. The number of sulfonamides is 1. The summed E-state index contributed by atoms with van der Waals surface area (Å²) in [7, 11) is -0.347. The van der Waals surface area contributed by atoms with Crippen molar-refractivity contribution in [1.82, 2.24) is 13.8 Å². The maximum atomic E-state index is 13.6. The Bertz CT molecular complexity index is 989. The number of ether oxygens (including phenoxy) is 1. The summed E-state index contributed by atoms with van der Waals surface area (Å²) in [5, 5.41) is 0. The second kappa shape index (κ2) is 10.4. The SMILES string of the molecule is COCCN(Cc1cccn1C)C(=O)CN(C(C)C)S(=O)(=O)c1c(C)cc(C)cc1C. The molecule has 0 bridgehead atoms. The Labute approximate surface area is 186 Å². The van der Waals surface area contributed by atoms with Gasteiger partial charge in [0.2, 0.25) is 15.9 Å². The molecule has 2 aromatic rings. The third-order valence-corrected chi connectivity index (χ3v) is 7.69. The molecule has 0 saturated heterocycles. The maximum absolute atomic E-state index is 13.6. The zero-order chi connectivity index (χ0) is 23.3. The second-order valence-corrected chi connectivity index (χ2v) is 10.1. The number of hydrogen-bond donors (Lipinski definition) is 0. The van der Waals surface area contributed by atoms with Crippen LogP contribution in [0.5, 0.6) is 0 Å². The van der Waals surface area contributed by atoms with Crippen LogP contribution in [0, 0.1) is 20.8 Å². The first-order valence-corrected chi connectivity index (χ1v) is 11.9. The Balaban J connectivity index is 2.35. The summed E-state index contributed by atoms with van der Waals surface area (Å²) in [6, 6.07) is 7.22. The number of aromatic nitrogens is 1. The fraction of sp³-hybridized carbons (Fsp3) is 0.522. The lowest BCUT2D eigenvalue weighted by Crippen LogP contribution is -2.46. The highest BCUT2D eigenvalue weighted by molar-refractivity contribution is 7.89. The molecular formula is C23H35N3O4S. The van der Waals surface area contributed by atoms with E-state index in [9.17, 15) is 13.2 Å². The summed E-state index contributed by atoms with van der Waals surface area (Å²) in [4.78, 5) is 15.2. The van der Waals surface area contributed by atoms with Gasteiger partial charge in [0.1, 0.15) is 0 Å². The third kappa shape index (κ3) is 5.96. The van der Waals surface area contributed by atoms with E-state index in [1.54, 1.807) is 39.7 Å². The molecule has 0 radical (unpaired) electrons. The number of carbonyl (C=O) groups is 1. The molecule has 0 aliphatic rings. The van der Waals surface area contributed by atoms with Gasteiger partial charge in [0.15, 0.2) is 0 Å². The lowest BCUT2D eigenvalue weighted by molar-refractivity contribution is -0.133. The zero-order valence-corrected chi connectivity index (χ0v) is 20.5. The molecule has 1 aromatic carbocycles. The van der Waals surface area contributed by atoms with E-state index < -0.39 is 10.0 Å². The monoisotopic (exact) mass is 449 g/mol. The second-order valence-electron chi connectivity index (χ2n) is 8.29. The normalized spacial score (nSPS) is 12.0. The van der Waals surface area contributed by atoms with Crippen LogP contribution in [0.25, 0.3) is 0 Å². The zero-order valence-electron chi connectivity index (χ0n) is 19.7. The highest BCUT2D eigenvalue weighted by Crippen LogP contribution is 2.26. The molecule has 7 nitrogen and oxygen atoms in total. The fourth-order valence-corrected chi connectivity index (χ4v) is 5.82. The first-order valence-electron chi connectivity index (χ1n) is 10.5. The summed E-state index contributed by atoms with van der Waals surface area (Å²) in [6.07, 6.45) is 1.92. The predicted octanol–water partition coefficient (Wildman–Crippen LogP) is 3.02. The van der Waals surface area contributed by atoms with Gasteiger partial charge in [0.05, 0.1) is 24.6 Å². The van der Waals surface area contributed by atoms with Crippen LogP contribution in [0.4, 0.5) is 0 Å². The van der Waals surface area contributed by atoms with Gasteiger partial charge in [-0.3, -0.25) is 4.79 Å². The average molecular weight is 450 g/mol. The largest absolute Gasteiger partial charge is 0.383 e. The van der Waals surface area contributed by atoms with E-state index in [-0.39, 0.29) is 23.4 Å². The Morgan fingerprint density at radius 2 is 1.77 bits per heavy atom. The van der Waals surface area contributed by atoms with Crippen molar-refractivity contribution in [3.05, 3.63) is 52.8 Å². The number of amides is 1. The van der Waals surface area contributed by atoms with E-state index in [2.05, 4.69) is 0 Å². The first-order chi connectivity index (χ1) is 14.5. The summed E-state index contributed by atoms with van der Waals surface area (Å²) in [5.74, 6) is -0.252. The van der Waals surface area contributed by atoms with Crippen molar-refractivity contribution in [3.8, 4) is 0 Å². The topological polar surface area (TPSA) is 71.8 Å². The number of hydrogen-bond acceptors (Lipinski definition) is 4. The molecule has 8 heteroatoms. The minimum absolute atomic E-state index is 0.221. The van der Waals surface area contributed by atoms with Crippen molar-refractivity contribution in [2.45, 2.75) is 52.1 Å². The lowest BCUT2D eigenvalue weighted by atomic mass is 10.1. The molecule has 31 heavy (non-hydrogen) atoms. The Hall–Kier alpha value is -2.16. The number of carbonyl (C=O) groups excluding carboxylic acids is 1. The molecule has 1 amide bonds. The first kappa shape index (κ1) is 25.1. The van der Waals surface area contributed by atoms with Crippen LogP contribution in [0.3, 0.4) is 0 Å². The third-order valence-electron chi connectivity index (χ3n) is 5.36. The van der Waals surface area contributed by atoms with E-state index in [0.717, 1.165) is 11.3 Å². The lowest BCUT2D eigenvalue weighted by Gasteiger charge is -2.30. The number of methoxy groups -OCH3 is 1. The van der Waals surface area contributed by atoms with E-state index in [1.165, 1.54) is 4.31 Å². The molecule has 172 valence electrons. The van der Waals surface area contributed by atoms with Crippen LogP contribution in [-0.2, 0) is 33.1 Å². The minimum Gasteiger partial charge on any atom is -0.383 e. The van der Waals surface area contributed by atoms with Crippen LogP contribution >= 0.6 is 0 Å². The summed E-state index contributed by atoms with van der Waals surface area (Å²) >= 11 is 0. The van der Waals surface area contributed by atoms with Gasteiger partial charge in [-0.15, -0.1) is 0 Å². The van der Waals surface area contributed by atoms with Crippen molar-refractivity contribution in [1.29, 1.82) is 0 Å². The van der Waals surface area contributed by atoms with E-state index >= 15 is 0 Å². The summed E-state index contributed by atoms with van der Waals surface area (Å²) in [6.45, 7) is 10.1. The molecular weight excluding hydrogens is 414 g/mol. The smallest absolute Gasteiger partial charge is 0.244 e. The molecule has 1 aromatic heterocycles. The molecule has 0 aliphatic carbocycles. The van der Waals surface area contributed by atoms with Gasteiger partial charge in [-0.2, -0.15) is 4.31 Å². The Kier molecular flexibility index (Phi) is 8.45. The van der Waals surface area contributed by atoms with Crippen LogP contribution < -0.4 is 0 Å². The highest BCUT2D eigenvalue weighted by Gasteiger charge is 2.33. The van der Waals surface area contributed by atoms with Gasteiger partial charge in [-0.05, 0) is 57.9 Å². The van der Waals surface area contributed by atoms with Crippen LogP contribution in [-0.4, -0.2) is 60.9 Å². The number of benzene rings is 1. The van der Waals surface area contributed by atoms with Gasteiger partial charge in [-0.1, -0.05) is 17.7 Å². The van der Waals surface area contributed by atoms with Crippen LogP contribution in [0.2, 0.25) is 0 Å². The van der Waals surface area contributed by atoms with Crippen molar-refractivity contribution in [3.63, 3.8) is 0 Å². The van der Waals surface area contributed by atoms with Crippen LogP contribution in [0.15, 0.2) is 35.4 Å². The maximum Gasteiger partial charge on any atom is 0.244 e. The van der Waals surface area contributed by atoms with E-state index in [0.29, 0.717) is 30.8 Å². The van der Waals surface area contributed by atoms with Crippen molar-refractivity contribution >= 4 is 15.9 Å². The average Bonchev–Trinajstić information content (AvgIpc) is 3.05. The minimum atomic E-state index is -3.85. The summed E-state index contributed by atoms with van der Waals surface area (Å²) in [5.41, 5.74) is 3.36. The molecule has 1 heterocycles. The van der Waals surface area contributed by atoms with E-state index in [1.807, 2.05) is 49.0 Å². The quantitative estimate of drug-likeness (QED) is 0.559. The highest BCUT2D eigenvalue weighted by atomic mass is 32.2. The number of nitrogens with zero attached hydrogens (tertiary/aromatic N) is 3. The van der Waals surface area contributed by atoms with Gasteiger partial charge in [-0.25, -0.2) is 8.42 Å². The van der Waals surface area contributed by atoms with Gasteiger partial charge in [0, 0.05) is 38.6 Å². The molecule has 0 N–H and O–H groups in total. The Morgan fingerprint density at radius 1 is 1.16 bits per heavy atom. The van der Waals surface area contributed by atoms with Gasteiger partial charge >= 0.3 is 0 Å². The molecule has 0 spiro atoms. The molecule has 0 unspecified atom stereocenters. The van der Waals surface area contributed by atoms with E-state index in [4.69, 9.17) is 4.74 Å².